The Bertz CT molecular complexity index is 860. The summed E-state index contributed by atoms with van der Waals surface area (Å²) in [4.78, 5) is 19.0. The summed E-state index contributed by atoms with van der Waals surface area (Å²) >= 11 is 0. The topological polar surface area (TPSA) is 33.2 Å². The van der Waals surface area contributed by atoms with Crippen LogP contribution in [0.1, 0.15) is 49.1 Å². The molecule has 0 aliphatic heterocycles. The van der Waals surface area contributed by atoms with Gasteiger partial charge in [0.2, 0.25) is 5.91 Å². The zero-order valence-corrected chi connectivity index (χ0v) is 18.2. The van der Waals surface area contributed by atoms with Crippen molar-refractivity contribution in [1.82, 2.24) is 4.98 Å². The molecule has 1 heterocycles. The molecular weight excluding hydrogens is 368 g/mol. The predicted octanol–water partition coefficient (Wildman–Crippen LogP) is 5.81. The van der Waals surface area contributed by atoms with Gasteiger partial charge in [0.15, 0.2) is 0 Å². The molecule has 0 aliphatic carbocycles. The van der Waals surface area contributed by atoms with Gasteiger partial charge in [-0.25, -0.2) is 4.98 Å². The Labute approximate surface area is 180 Å². The lowest BCUT2D eigenvalue weighted by molar-refractivity contribution is -0.116. The quantitative estimate of drug-likeness (QED) is 0.430. The molecule has 0 bridgehead atoms. The van der Waals surface area contributed by atoms with E-state index >= 15 is 0 Å². The first-order valence-electron chi connectivity index (χ1n) is 11.0. The van der Waals surface area contributed by atoms with E-state index in [1.54, 1.807) is 6.92 Å². The summed E-state index contributed by atoms with van der Waals surface area (Å²) in [6.07, 6.45) is 5.78. The van der Waals surface area contributed by atoms with Crippen LogP contribution in [-0.2, 0) is 30.5 Å². The molecule has 3 rings (SSSR count). The van der Waals surface area contributed by atoms with Gasteiger partial charge in [0.05, 0.1) is 0 Å². The maximum atomic E-state index is 12.3. The molecule has 0 saturated heterocycles. The first-order valence-corrected chi connectivity index (χ1v) is 11.0. The van der Waals surface area contributed by atoms with Gasteiger partial charge in [0.1, 0.15) is 5.82 Å². The van der Waals surface area contributed by atoms with Gasteiger partial charge in [-0.05, 0) is 60.9 Å². The van der Waals surface area contributed by atoms with Gasteiger partial charge in [0.25, 0.3) is 0 Å². The van der Waals surface area contributed by atoms with Crippen molar-refractivity contribution >= 4 is 11.7 Å². The Morgan fingerprint density at radius 2 is 1.37 bits per heavy atom. The van der Waals surface area contributed by atoms with Crippen molar-refractivity contribution < 1.29 is 4.79 Å². The number of anilines is 1. The molecule has 156 valence electrons. The molecule has 3 aromatic rings. The number of rotatable bonds is 10. The van der Waals surface area contributed by atoms with Gasteiger partial charge in [-0.3, -0.25) is 9.69 Å². The monoisotopic (exact) mass is 400 g/mol. The van der Waals surface area contributed by atoms with E-state index in [-0.39, 0.29) is 5.91 Å². The van der Waals surface area contributed by atoms with E-state index in [2.05, 4.69) is 67.6 Å². The molecule has 0 atom stereocenters. The average Bonchev–Trinajstić information content (AvgIpc) is 2.78. The van der Waals surface area contributed by atoms with Gasteiger partial charge in [-0.1, -0.05) is 74.0 Å². The van der Waals surface area contributed by atoms with E-state index in [0.717, 1.165) is 56.6 Å². The number of pyridine rings is 1. The Hall–Kier alpha value is -2.94. The maximum Gasteiger partial charge on any atom is 0.225 e. The van der Waals surface area contributed by atoms with E-state index in [1.807, 2.05) is 17.0 Å². The van der Waals surface area contributed by atoms with Gasteiger partial charge >= 0.3 is 0 Å². The van der Waals surface area contributed by atoms with E-state index in [4.69, 9.17) is 4.98 Å². The van der Waals surface area contributed by atoms with Crippen molar-refractivity contribution in [3.63, 3.8) is 0 Å². The Balaban J connectivity index is 1.82. The van der Waals surface area contributed by atoms with Crippen molar-refractivity contribution in [3.05, 3.63) is 95.2 Å². The van der Waals surface area contributed by atoms with Crippen LogP contribution in [0.5, 0.6) is 0 Å². The SMILES string of the molecule is CCCCN(C(C)=O)c1cc(CCc2ccccc2)cc(CCc2ccccc2)n1. The highest BCUT2D eigenvalue weighted by Gasteiger charge is 2.14. The molecule has 0 aliphatic rings. The number of amides is 1. The van der Waals surface area contributed by atoms with E-state index in [9.17, 15) is 4.79 Å². The summed E-state index contributed by atoms with van der Waals surface area (Å²) in [5.41, 5.74) is 4.94. The largest absolute Gasteiger partial charge is 0.297 e. The number of carbonyl (C=O) groups is 1. The lowest BCUT2D eigenvalue weighted by atomic mass is 10.0. The van der Waals surface area contributed by atoms with Crippen molar-refractivity contribution in [2.45, 2.75) is 52.4 Å². The Kier molecular flexibility index (Phi) is 8.20. The second-order valence-electron chi connectivity index (χ2n) is 7.82. The molecule has 0 fully saturated rings. The minimum Gasteiger partial charge on any atom is -0.297 e. The summed E-state index contributed by atoms with van der Waals surface area (Å²) < 4.78 is 0. The second-order valence-corrected chi connectivity index (χ2v) is 7.82. The Morgan fingerprint density at radius 1 is 0.800 bits per heavy atom. The third-order valence-electron chi connectivity index (χ3n) is 5.37. The number of hydrogen-bond acceptors (Lipinski definition) is 2. The standard InChI is InChI=1S/C27H32N2O/c1-3-4-19-29(22(2)30)27-21-25(16-15-23-11-7-5-8-12-23)20-26(28-27)18-17-24-13-9-6-10-14-24/h5-14,20-21H,3-4,15-19H2,1-2H3. The fourth-order valence-electron chi connectivity index (χ4n) is 3.64. The fraction of sp³-hybridized carbons (Fsp3) is 0.333. The lowest BCUT2D eigenvalue weighted by Gasteiger charge is -2.21. The van der Waals surface area contributed by atoms with Crippen LogP contribution in [0.3, 0.4) is 0 Å². The minimum absolute atomic E-state index is 0.0603. The molecule has 3 heteroatoms. The molecule has 1 aromatic heterocycles. The predicted molar refractivity (Wildman–Crippen MR) is 125 cm³/mol. The molecule has 0 spiro atoms. The second kappa shape index (κ2) is 11.3. The smallest absolute Gasteiger partial charge is 0.225 e. The van der Waals surface area contributed by atoms with Gasteiger partial charge in [-0.2, -0.15) is 0 Å². The highest BCUT2D eigenvalue weighted by atomic mass is 16.2. The number of benzene rings is 2. The maximum absolute atomic E-state index is 12.3. The molecule has 0 saturated carbocycles. The van der Waals surface area contributed by atoms with Gasteiger partial charge < -0.3 is 0 Å². The zero-order chi connectivity index (χ0) is 21.2. The van der Waals surface area contributed by atoms with E-state index < -0.39 is 0 Å². The Morgan fingerprint density at radius 3 is 1.93 bits per heavy atom. The average molecular weight is 401 g/mol. The molecule has 0 unspecified atom stereocenters. The van der Waals surface area contributed by atoms with Crippen molar-refractivity contribution in [1.29, 1.82) is 0 Å². The van der Waals surface area contributed by atoms with Crippen LogP contribution in [0.15, 0.2) is 72.8 Å². The molecule has 0 radical (unpaired) electrons. The summed E-state index contributed by atoms with van der Waals surface area (Å²) in [5.74, 6) is 0.856. The summed E-state index contributed by atoms with van der Waals surface area (Å²) in [7, 11) is 0. The van der Waals surface area contributed by atoms with Crippen molar-refractivity contribution in [2.24, 2.45) is 0 Å². The first kappa shape index (κ1) is 21.8. The van der Waals surface area contributed by atoms with E-state index in [0.29, 0.717) is 0 Å². The third kappa shape index (κ3) is 6.55. The number of aromatic nitrogens is 1. The number of unbranched alkanes of at least 4 members (excludes halogenated alkanes) is 1. The van der Waals surface area contributed by atoms with Crippen LogP contribution < -0.4 is 4.90 Å². The highest BCUT2D eigenvalue weighted by Crippen LogP contribution is 2.20. The number of nitrogens with zero attached hydrogens (tertiary/aromatic N) is 2. The normalized spacial score (nSPS) is 10.7. The van der Waals surface area contributed by atoms with Crippen LogP contribution in [-0.4, -0.2) is 17.4 Å². The zero-order valence-electron chi connectivity index (χ0n) is 18.2. The first-order chi connectivity index (χ1) is 14.7. The number of carbonyl (C=O) groups excluding carboxylic acids is 1. The molecule has 1 amide bonds. The van der Waals surface area contributed by atoms with Gasteiger partial charge in [0, 0.05) is 19.2 Å². The number of hydrogen-bond donors (Lipinski definition) is 0. The molecule has 2 aromatic carbocycles. The molecule has 30 heavy (non-hydrogen) atoms. The highest BCUT2D eigenvalue weighted by molar-refractivity contribution is 5.90. The van der Waals surface area contributed by atoms with Crippen LogP contribution in [0.4, 0.5) is 5.82 Å². The molecule has 0 N–H and O–H groups in total. The van der Waals surface area contributed by atoms with Crippen LogP contribution in [0.25, 0.3) is 0 Å². The number of aryl methyl sites for hydroxylation is 4. The summed E-state index contributed by atoms with van der Waals surface area (Å²) in [6.45, 7) is 4.50. The van der Waals surface area contributed by atoms with Crippen molar-refractivity contribution in [3.8, 4) is 0 Å². The van der Waals surface area contributed by atoms with E-state index in [1.165, 1.54) is 16.7 Å². The van der Waals surface area contributed by atoms with Crippen LogP contribution in [0, 0.1) is 0 Å². The van der Waals surface area contributed by atoms with Crippen LogP contribution >= 0.6 is 0 Å². The third-order valence-corrected chi connectivity index (χ3v) is 5.37. The van der Waals surface area contributed by atoms with Crippen molar-refractivity contribution in [2.75, 3.05) is 11.4 Å². The fourth-order valence-corrected chi connectivity index (χ4v) is 3.64. The molecule has 3 nitrogen and oxygen atoms in total. The molecular formula is C27H32N2O. The van der Waals surface area contributed by atoms with Gasteiger partial charge in [-0.15, -0.1) is 0 Å². The van der Waals surface area contributed by atoms with Crippen LogP contribution in [0.2, 0.25) is 0 Å². The summed E-state index contributed by atoms with van der Waals surface area (Å²) in [6, 6.07) is 25.4. The summed E-state index contributed by atoms with van der Waals surface area (Å²) in [5, 5.41) is 0. The lowest BCUT2D eigenvalue weighted by Crippen LogP contribution is -2.30. The minimum atomic E-state index is 0.0603.